The molecule has 0 saturated heterocycles. The Balaban J connectivity index is 1.93. The van der Waals surface area contributed by atoms with Gasteiger partial charge in [0.05, 0.1) is 11.1 Å². The second-order valence-corrected chi connectivity index (χ2v) is 5.72. The lowest BCUT2D eigenvalue weighted by Crippen LogP contribution is -2.35. The maximum atomic E-state index is 12.3. The van der Waals surface area contributed by atoms with Crippen LogP contribution in [0.1, 0.15) is 39.1 Å². The molecular formula is C17H22N2O4. The average molecular weight is 318 g/mol. The molecule has 0 atom stereocenters. The zero-order valence-corrected chi connectivity index (χ0v) is 13.8. The van der Waals surface area contributed by atoms with Crippen molar-refractivity contribution in [2.24, 2.45) is 0 Å². The first kappa shape index (κ1) is 17.1. The van der Waals surface area contributed by atoms with Crippen LogP contribution in [0.25, 0.3) is 0 Å². The second kappa shape index (κ2) is 7.37. The summed E-state index contributed by atoms with van der Waals surface area (Å²) in [5, 5.41) is 0. The van der Waals surface area contributed by atoms with Crippen LogP contribution in [-0.2, 0) is 9.53 Å². The number of nitrogens with zero attached hydrogens (tertiary/aromatic N) is 2. The Kier molecular flexibility index (Phi) is 5.50. The molecule has 1 heterocycles. The highest BCUT2D eigenvalue weighted by Gasteiger charge is 2.35. The summed E-state index contributed by atoms with van der Waals surface area (Å²) in [5.41, 5.74) is 1.78. The Labute approximate surface area is 136 Å². The fourth-order valence-corrected chi connectivity index (χ4v) is 2.58. The molecule has 6 nitrogen and oxygen atoms in total. The van der Waals surface area contributed by atoms with Crippen LogP contribution in [0.3, 0.4) is 0 Å². The molecular weight excluding hydrogens is 296 g/mol. The molecule has 0 aromatic heterocycles. The normalized spacial score (nSPS) is 13.4. The SMILES string of the molecule is COCCCN(C)C(=O)CCN1C(=O)c2ccc(C)cc2C1=O. The number of amides is 3. The quantitative estimate of drug-likeness (QED) is 0.564. The van der Waals surface area contributed by atoms with Crippen LogP contribution in [0.15, 0.2) is 18.2 Å². The van der Waals surface area contributed by atoms with E-state index in [0.717, 1.165) is 16.9 Å². The topological polar surface area (TPSA) is 66.9 Å². The van der Waals surface area contributed by atoms with Crippen LogP contribution in [0, 0.1) is 6.92 Å². The highest BCUT2D eigenvalue weighted by Crippen LogP contribution is 2.24. The van der Waals surface area contributed by atoms with E-state index in [4.69, 9.17) is 4.74 Å². The zero-order chi connectivity index (χ0) is 17.0. The minimum absolute atomic E-state index is 0.0890. The molecule has 0 aliphatic carbocycles. The lowest BCUT2D eigenvalue weighted by atomic mass is 10.1. The number of imide groups is 1. The molecule has 23 heavy (non-hydrogen) atoms. The molecule has 6 heteroatoms. The third-order valence-corrected chi connectivity index (χ3v) is 3.94. The number of carbonyl (C=O) groups excluding carboxylic acids is 3. The first-order chi connectivity index (χ1) is 11.0. The number of fused-ring (bicyclic) bond motifs is 1. The van der Waals surface area contributed by atoms with Gasteiger partial charge in [-0.25, -0.2) is 0 Å². The van der Waals surface area contributed by atoms with Gasteiger partial charge in [-0.2, -0.15) is 0 Å². The lowest BCUT2D eigenvalue weighted by molar-refractivity contribution is -0.130. The number of carbonyl (C=O) groups is 3. The fraction of sp³-hybridized carbons (Fsp3) is 0.471. The van der Waals surface area contributed by atoms with Gasteiger partial charge in [0.15, 0.2) is 0 Å². The highest BCUT2D eigenvalue weighted by molar-refractivity contribution is 6.21. The van der Waals surface area contributed by atoms with Crippen LogP contribution in [0.4, 0.5) is 0 Å². The van der Waals surface area contributed by atoms with Gasteiger partial charge in [-0.3, -0.25) is 19.3 Å². The minimum atomic E-state index is -0.320. The number of rotatable bonds is 7. The van der Waals surface area contributed by atoms with E-state index in [2.05, 4.69) is 0 Å². The van der Waals surface area contributed by atoms with Crippen LogP contribution in [0.5, 0.6) is 0 Å². The minimum Gasteiger partial charge on any atom is -0.385 e. The van der Waals surface area contributed by atoms with E-state index in [1.54, 1.807) is 31.2 Å². The third kappa shape index (κ3) is 3.76. The van der Waals surface area contributed by atoms with Crippen molar-refractivity contribution in [3.05, 3.63) is 34.9 Å². The van der Waals surface area contributed by atoms with Gasteiger partial charge >= 0.3 is 0 Å². The van der Waals surface area contributed by atoms with Gasteiger partial charge in [0.2, 0.25) is 5.91 Å². The van der Waals surface area contributed by atoms with Crippen LogP contribution in [-0.4, -0.2) is 61.4 Å². The van der Waals surface area contributed by atoms with E-state index in [1.807, 2.05) is 13.0 Å². The number of hydrogen-bond donors (Lipinski definition) is 0. The Morgan fingerprint density at radius 2 is 1.91 bits per heavy atom. The van der Waals surface area contributed by atoms with Crippen LogP contribution >= 0.6 is 0 Å². The first-order valence-corrected chi connectivity index (χ1v) is 7.65. The largest absolute Gasteiger partial charge is 0.385 e. The zero-order valence-electron chi connectivity index (χ0n) is 13.8. The summed E-state index contributed by atoms with van der Waals surface area (Å²) in [6.45, 7) is 3.17. The summed E-state index contributed by atoms with van der Waals surface area (Å²) in [6.07, 6.45) is 0.888. The van der Waals surface area contributed by atoms with Crippen molar-refractivity contribution in [1.82, 2.24) is 9.80 Å². The van der Waals surface area contributed by atoms with Gasteiger partial charge in [-0.1, -0.05) is 11.6 Å². The van der Waals surface area contributed by atoms with Gasteiger partial charge in [0.25, 0.3) is 11.8 Å². The van der Waals surface area contributed by atoms with E-state index in [0.29, 0.717) is 24.3 Å². The third-order valence-electron chi connectivity index (χ3n) is 3.94. The van der Waals surface area contributed by atoms with Crippen molar-refractivity contribution < 1.29 is 19.1 Å². The molecule has 0 spiro atoms. The molecule has 2 rings (SSSR count). The predicted octanol–water partition coefficient (Wildman–Crippen LogP) is 1.48. The van der Waals surface area contributed by atoms with E-state index < -0.39 is 0 Å². The number of methoxy groups -OCH3 is 1. The standard InChI is InChI=1S/C17H22N2O4/c1-12-5-6-13-14(11-12)17(22)19(16(13)21)9-7-15(20)18(2)8-4-10-23-3/h5-6,11H,4,7-10H2,1-3H3. The summed E-state index contributed by atoms with van der Waals surface area (Å²) in [5.74, 6) is -0.725. The van der Waals surface area contributed by atoms with E-state index in [9.17, 15) is 14.4 Å². The number of ether oxygens (including phenoxy) is 1. The summed E-state index contributed by atoms with van der Waals surface area (Å²) in [6, 6.07) is 5.19. The molecule has 124 valence electrons. The van der Waals surface area contributed by atoms with Gasteiger partial charge in [-0.15, -0.1) is 0 Å². The summed E-state index contributed by atoms with van der Waals surface area (Å²) in [4.78, 5) is 39.4. The molecule has 0 radical (unpaired) electrons. The Hall–Kier alpha value is -2.21. The van der Waals surface area contributed by atoms with Gasteiger partial charge in [0, 0.05) is 40.3 Å². The maximum Gasteiger partial charge on any atom is 0.261 e. The van der Waals surface area contributed by atoms with Gasteiger partial charge < -0.3 is 9.64 Å². The first-order valence-electron chi connectivity index (χ1n) is 7.65. The molecule has 3 amide bonds. The van der Waals surface area contributed by atoms with Crippen molar-refractivity contribution in [3.8, 4) is 0 Å². The highest BCUT2D eigenvalue weighted by atomic mass is 16.5. The Bertz CT molecular complexity index is 627. The summed E-state index contributed by atoms with van der Waals surface area (Å²) >= 11 is 0. The molecule has 0 fully saturated rings. The molecule has 0 unspecified atom stereocenters. The predicted molar refractivity (Wildman–Crippen MR) is 85.3 cm³/mol. The summed E-state index contributed by atoms with van der Waals surface area (Å²) < 4.78 is 4.95. The second-order valence-electron chi connectivity index (χ2n) is 5.72. The molecule has 1 aliphatic heterocycles. The molecule has 0 N–H and O–H groups in total. The Morgan fingerprint density at radius 1 is 1.22 bits per heavy atom. The fourth-order valence-electron chi connectivity index (χ4n) is 2.58. The smallest absolute Gasteiger partial charge is 0.261 e. The molecule has 1 aromatic rings. The van der Waals surface area contributed by atoms with Gasteiger partial charge in [0.1, 0.15) is 0 Å². The maximum absolute atomic E-state index is 12.3. The average Bonchev–Trinajstić information content (AvgIpc) is 2.76. The summed E-state index contributed by atoms with van der Waals surface area (Å²) in [7, 11) is 3.33. The van der Waals surface area contributed by atoms with Crippen molar-refractivity contribution in [3.63, 3.8) is 0 Å². The number of aryl methyl sites for hydroxylation is 1. The molecule has 1 aromatic carbocycles. The Morgan fingerprint density at radius 3 is 2.61 bits per heavy atom. The monoisotopic (exact) mass is 318 g/mol. The van der Waals surface area contributed by atoms with E-state index in [1.165, 1.54) is 0 Å². The van der Waals surface area contributed by atoms with E-state index in [-0.39, 0.29) is 30.7 Å². The van der Waals surface area contributed by atoms with Crippen LogP contribution in [0.2, 0.25) is 0 Å². The van der Waals surface area contributed by atoms with Crippen molar-refractivity contribution in [2.75, 3.05) is 33.9 Å². The van der Waals surface area contributed by atoms with Crippen LogP contribution < -0.4 is 0 Å². The van der Waals surface area contributed by atoms with Gasteiger partial charge in [-0.05, 0) is 25.5 Å². The van der Waals surface area contributed by atoms with E-state index >= 15 is 0 Å². The molecule has 0 bridgehead atoms. The molecule has 1 aliphatic rings. The number of hydrogen-bond acceptors (Lipinski definition) is 4. The van der Waals surface area contributed by atoms with Crippen molar-refractivity contribution in [1.29, 1.82) is 0 Å². The lowest BCUT2D eigenvalue weighted by Gasteiger charge is -2.19. The van der Waals surface area contributed by atoms with Crippen molar-refractivity contribution in [2.45, 2.75) is 19.8 Å². The number of benzene rings is 1. The molecule has 0 saturated carbocycles. The van der Waals surface area contributed by atoms with Crippen molar-refractivity contribution >= 4 is 17.7 Å².